The van der Waals surface area contributed by atoms with Crippen LogP contribution in [0.1, 0.15) is 65.4 Å². The molecule has 9 nitrogen and oxygen atoms in total. The van der Waals surface area contributed by atoms with Crippen molar-refractivity contribution in [2.75, 3.05) is 18.1 Å². The Hall–Kier alpha value is -3.85. The number of hydrogen-bond donors (Lipinski definition) is 0. The first-order chi connectivity index (χ1) is 18.1. The largest absolute Gasteiger partial charge is 0.461 e. The number of amides is 2. The lowest BCUT2D eigenvalue weighted by atomic mass is 9.99. The third kappa shape index (κ3) is 4.86. The number of carbonyl (C=O) groups excluding carboxylic acids is 3. The molecule has 0 saturated heterocycles. The molecule has 38 heavy (non-hydrogen) atoms. The van der Waals surface area contributed by atoms with Crippen molar-refractivity contribution in [3.63, 3.8) is 0 Å². The van der Waals surface area contributed by atoms with Gasteiger partial charge in [-0.15, -0.1) is 0 Å². The number of anilines is 1. The Morgan fingerprint density at radius 3 is 2.55 bits per heavy atom. The van der Waals surface area contributed by atoms with Crippen LogP contribution < -0.4 is 4.90 Å². The van der Waals surface area contributed by atoms with E-state index in [1.165, 1.54) is 4.68 Å². The molecule has 0 N–H and O–H groups in total. The van der Waals surface area contributed by atoms with Gasteiger partial charge in [0.15, 0.2) is 5.69 Å². The molecule has 2 aliphatic heterocycles. The van der Waals surface area contributed by atoms with Crippen LogP contribution in [0.5, 0.6) is 0 Å². The molecule has 2 aromatic carbocycles. The molecule has 1 aromatic heterocycles. The lowest BCUT2D eigenvalue weighted by Gasteiger charge is -2.32. The number of hydrogen-bond acceptors (Lipinski definition) is 6. The molecule has 0 aliphatic carbocycles. The Morgan fingerprint density at radius 1 is 1.05 bits per heavy atom. The Kier molecular flexibility index (Phi) is 6.65. The number of ether oxygens (including phenoxy) is 2. The molecule has 0 unspecified atom stereocenters. The Labute approximate surface area is 225 Å². The number of rotatable bonds is 4. The molecule has 2 amide bonds. The van der Waals surface area contributed by atoms with E-state index in [9.17, 15) is 14.4 Å². The Balaban J connectivity index is 1.48. The van der Waals surface area contributed by atoms with E-state index in [4.69, 9.17) is 21.1 Å². The van der Waals surface area contributed by atoms with Crippen molar-refractivity contribution in [2.24, 2.45) is 0 Å². The van der Waals surface area contributed by atoms with E-state index in [-0.39, 0.29) is 30.8 Å². The summed E-state index contributed by atoms with van der Waals surface area (Å²) in [6.07, 6.45) is 0.332. The second kappa shape index (κ2) is 9.79. The number of carbonyl (C=O) groups is 3. The predicted molar refractivity (Wildman–Crippen MR) is 142 cm³/mol. The van der Waals surface area contributed by atoms with Crippen LogP contribution in [0.2, 0.25) is 5.02 Å². The van der Waals surface area contributed by atoms with Gasteiger partial charge < -0.3 is 19.3 Å². The molecule has 3 heterocycles. The summed E-state index contributed by atoms with van der Waals surface area (Å²) in [5, 5.41) is 4.93. The van der Waals surface area contributed by atoms with Gasteiger partial charge in [-0.1, -0.05) is 23.7 Å². The van der Waals surface area contributed by atoms with Gasteiger partial charge in [0, 0.05) is 29.4 Å². The summed E-state index contributed by atoms with van der Waals surface area (Å²) in [5.41, 5.74) is 3.62. The molecule has 0 radical (unpaired) electrons. The van der Waals surface area contributed by atoms with Gasteiger partial charge in [-0.05, 0) is 75.6 Å². The number of esters is 1. The van der Waals surface area contributed by atoms with Crippen LogP contribution in [0.15, 0.2) is 42.5 Å². The molecular formula is C28H29ClN4O5. The summed E-state index contributed by atoms with van der Waals surface area (Å²) in [5.74, 6) is -0.875. The third-order valence-electron chi connectivity index (χ3n) is 6.43. The zero-order chi connectivity index (χ0) is 27.2. The molecular weight excluding hydrogens is 508 g/mol. The summed E-state index contributed by atoms with van der Waals surface area (Å²) < 4.78 is 12.2. The highest BCUT2D eigenvalue weighted by atomic mass is 35.5. The van der Waals surface area contributed by atoms with E-state index in [0.29, 0.717) is 47.2 Å². The number of benzene rings is 2. The van der Waals surface area contributed by atoms with Crippen LogP contribution in [0.3, 0.4) is 0 Å². The van der Waals surface area contributed by atoms with Crippen LogP contribution in [0, 0.1) is 0 Å². The lowest BCUT2D eigenvalue weighted by Crippen LogP contribution is -2.40. The highest BCUT2D eigenvalue weighted by Crippen LogP contribution is 2.35. The summed E-state index contributed by atoms with van der Waals surface area (Å²) in [6.45, 7) is 8.54. The molecule has 3 aromatic rings. The fourth-order valence-electron chi connectivity index (χ4n) is 4.74. The highest BCUT2D eigenvalue weighted by molar-refractivity contribution is 6.30. The van der Waals surface area contributed by atoms with Crippen molar-refractivity contribution in [2.45, 2.75) is 52.8 Å². The van der Waals surface area contributed by atoms with E-state index >= 15 is 0 Å². The summed E-state index contributed by atoms with van der Waals surface area (Å²) in [6, 6.07) is 12.8. The van der Waals surface area contributed by atoms with Crippen molar-refractivity contribution >= 4 is 35.3 Å². The average molecular weight is 537 g/mol. The molecule has 5 rings (SSSR count). The second-order valence-corrected chi connectivity index (χ2v) is 10.7. The minimum Gasteiger partial charge on any atom is -0.461 e. The van der Waals surface area contributed by atoms with Gasteiger partial charge in [-0.2, -0.15) is 5.10 Å². The van der Waals surface area contributed by atoms with Gasteiger partial charge in [0.05, 0.1) is 18.8 Å². The van der Waals surface area contributed by atoms with Gasteiger partial charge >= 0.3 is 12.1 Å². The SMILES string of the molecule is CCOC(=O)c1nn(-c2cccc(Cl)c2)c2c1CN(c1ccc3c(c1)CN(C(=O)OC(C)(C)C)CC3)C2=O. The van der Waals surface area contributed by atoms with E-state index in [2.05, 4.69) is 5.10 Å². The molecule has 2 aliphatic rings. The predicted octanol–water partition coefficient (Wildman–Crippen LogP) is 5.16. The van der Waals surface area contributed by atoms with E-state index < -0.39 is 11.6 Å². The van der Waals surface area contributed by atoms with Gasteiger partial charge in [0.1, 0.15) is 11.3 Å². The Bertz CT molecular complexity index is 1440. The first-order valence-electron chi connectivity index (χ1n) is 12.5. The summed E-state index contributed by atoms with van der Waals surface area (Å²) in [4.78, 5) is 42.5. The fraction of sp³-hybridized carbons (Fsp3) is 0.357. The van der Waals surface area contributed by atoms with E-state index in [1.54, 1.807) is 41.0 Å². The van der Waals surface area contributed by atoms with Crippen molar-refractivity contribution in [3.05, 3.63) is 75.6 Å². The van der Waals surface area contributed by atoms with Gasteiger partial charge in [0.2, 0.25) is 0 Å². The topological polar surface area (TPSA) is 94.0 Å². The maximum atomic E-state index is 13.8. The molecule has 0 saturated carbocycles. The van der Waals surface area contributed by atoms with Crippen molar-refractivity contribution < 1.29 is 23.9 Å². The molecule has 0 fully saturated rings. The average Bonchev–Trinajstić information content (AvgIpc) is 3.40. The zero-order valence-corrected chi connectivity index (χ0v) is 22.5. The highest BCUT2D eigenvalue weighted by Gasteiger charge is 2.39. The fourth-order valence-corrected chi connectivity index (χ4v) is 4.92. The first kappa shape index (κ1) is 25.8. The Morgan fingerprint density at radius 2 is 1.84 bits per heavy atom. The number of halogens is 1. The van der Waals surface area contributed by atoms with Crippen LogP contribution in [0.4, 0.5) is 10.5 Å². The number of aromatic nitrogens is 2. The smallest absolute Gasteiger partial charge is 0.410 e. The minimum absolute atomic E-state index is 0.103. The molecule has 0 atom stereocenters. The lowest BCUT2D eigenvalue weighted by molar-refractivity contribution is 0.0223. The van der Waals surface area contributed by atoms with Crippen molar-refractivity contribution in [1.82, 2.24) is 14.7 Å². The standard InChI is InChI=1S/C28H29ClN4O5/c1-5-37-26(35)23-22-16-32(25(34)24(22)33(30-23)21-8-6-7-19(29)14-21)20-10-9-17-11-12-31(15-18(17)13-20)27(36)38-28(2,3)4/h6-10,13-14H,5,11-12,15-16H2,1-4H3. The van der Waals surface area contributed by atoms with Gasteiger partial charge in [-0.25, -0.2) is 14.3 Å². The van der Waals surface area contributed by atoms with Crippen molar-refractivity contribution in [1.29, 1.82) is 0 Å². The summed E-state index contributed by atoms with van der Waals surface area (Å²) in [7, 11) is 0. The van der Waals surface area contributed by atoms with Gasteiger partial charge in [0.25, 0.3) is 5.91 Å². The quantitative estimate of drug-likeness (QED) is 0.428. The van der Waals surface area contributed by atoms with Crippen LogP contribution in [-0.4, -0.2) is 51.4 Å². The van der Waals surface area contributed by atoms with Crippen molar-refractivity contribution in [3.8, 4) is 5.69 Å². The van der Waals surface area contributed by atoms with Gasteiger partial charge in [-0.3, -0.25) is 4.79 Å². The second-order valence-electron chi connectivity index (χ2n) is 10.3. The monoisotopic (exact) mass is 536 g/mol. The number of fused-ring (bicyclic) bond motifs is 2. The third-order valence-corrected chi connectivity index (χ3v) is 6.67. The normalized spacial score (nSPS) is 14.8. The zero-order valence-electron chi connectivity index (χ0n) is 21.8. The van der Waals surface area contributed by atoms with E-state index in [0.717, 1.165) is 11.1 Å². The van der Waals surface area contributed by atoms with E-state index in [1.807, 2.05) is 39.0 Å². The number of nitrogens with zero attached hydrogens (tertiary/aromatic N) is 4. The van der Waals surface area contributed by atoms with Crippen LogP contribution in [0.25, 0.3) is 5.69 Å². The first-order valence-corrected chi connectivity index (χ1v) is 12.9. The van der Waals surface area contributed by atoms with Crippen LogP contribution in [-0.2, 0) is 29.0 Å². The minimum atomic E-state index is -0.586. The molecule has 198 valence electrons. The molecule has 0 spiro atoms. The maximum absolute atomic E-state index is 13.8. The van der Waals surface area contributed by atoms with Crippen LogP contribution >= 0.6 is 11.6 Å². The summed E-state index contributed by atoms with van der Waals surface area (Å²) >= 11 is 6.20. The molecule has 0 bridgehead atoms. The maximum Gasteiger partial charge on any atom is 0.410 e. The molecule has 10 heteroatoms.